The second kappa shape index (κ2) is 8.75. The van der Waals surface area contributed by atoms with E-state index in [4.69, 9.17) is 24.9 Å². The van der Waals surface area contributed by atoms with E-state index in [1.165, 1.54) is 0 Å². The highest BCUT2D eigenvalue weighted by molar-refractivity contribution is 6.24. The minimum absolute atomic E-state index is 0.709. The van der Waals surface area contributed by atoms with Gasteiger partial charge in [-0.05, 0) is 41.1 Å². The summed E-state index contributed by atoms with van der Waals surface area (Å²) in [5, 5.41) is 7.81. The predicted molar refractivity (Wildman–Crippen MR) is 179 cm³/mol. The molecule has 0 saturated carbocycles. The van der Waals surface area contributed by atoms with Gasteiger partial charge in [0.2, 0.25) is 0 Å². The van der Waals surface area contributed by atoms with Crippen LogP contribution >= 0.6 is 0 Å². The van der Waals surface area contributed by atoms with Gasteiger partial charge in [-0.3, -0.25) is 19.9 Å². The minimum Gasteiger partial charge on any atom is -0.353 e. The highest BCUT2D eigenvalue weighted by Crippen LogP contribution is 2.42. The zero-order chi connectivity index (χ0) is 28.8. The van der Waals surface area contributed by atoms with E-state index in [1.54, 1.807) is 0 Å². The lowest BCUT2D eigenvalue weighted by atomic mass is 9.93. The van der Waals surface area contributed by atoms with Gasteiger partial charge in [0.05, 0.1) is 39.0 Å². The zero-order valence-electron chi connectivity index (χ0n) is 23.4. The number of aromatic nitrogens is 5. The van der Waals surface area contributed by atoms with E-state index in [-0.39, 0.29) is 0 Å². The maximum Gasteiger partial charge on any atom is 0.0969 e. The summed E-state index contributed by atoms with van der Waals surface area (Å²) < 4.78 is 0. The first-order valence-corrected chi connectivity index (χ1v) is 14.7. The third kappa shape index (κ3) is 3.17. The number of H-pyrrole nitrogens is 1. The number of fused-ring (bicyclic) bond motifs is 13. The first-order chi connectivity index (χ1) is 21.8. The van der Waals surface area contributed by atoms with Gasteiger partial charge in [0.15, 0.2) is 0 Å². The summed E-state index contributed by atoms with van der Waals surface area (Å²) in [6.07, 6.45) is 8.14. The van der Waals surface area contributed by atoms with E-state index in [9.17, 15) is 0 Å². The summed E-state index contributed by atoms with van der Waals surface area (Å²) in [4.78, 5) is 28.1. The molecule has 0 atom stereocenters. The number of pyridine rings is 4. The molecule has 6 heterocycles. The quantitative estimate of drug-likeness (QED) is 0.213. The molecule has 0 radical (unpaired) electrons. The third-order valence-electron chi connectivity index (χ3n) is 9.03. The number of hydrogen-bond donors (Lipinski definition) is 1. The summed E-state index contributed by atoms with van der Waals surface area (Å²) in [6, 6.07) is 31.7. The number of nitrogens with one attached hydrogen (secondary N) is 1. The molecule has 1 aliphatic rings. The Balaban J connectivity index is 1.18. The molecule has 0 amide bonds. The number of aromatic amines is 1. The smallest absolute Gasteiger partial charge is 0.0969 e. The van der Waals surface area contributed by atoms with E-state index in [0.717, 1.165) is 99.1 Å². The molecular weight excluding hydrogens is 540 g/mol. The number of rotatable bonds is 2. The van der Waals surface area contributed by atoms with Crippen molar-refractivity contribution in [3.8, 4) is 11.3 Å². The molecule has 6 heteroatoms. The highest BCUT2D eigenvalue weighted by Gasteiger charge is 2.25. The SMILES string of the molecule is c1cc(-c2cc3c4ncccc4c4cccnc4c3[nH]2)c2cccc(C3=Nc4c(c5ncccc5c5cccnc45)C3)c2c1. The summed E-state index contributed by atoms with van der Waals surface area (Å²) in [5.41, 5.74) is 11.3. The van der Waals surface area contributed by atoms with Crippen LogP contribution in [0.3, 0.4) is 0 Å². The van der Waals surface area contributed by atoms with Crippen LogP contribution in [0.1, 0.15) is 11.1 Å². The van der Waals surface area contributed by atoms with Crippen LogP contribution in [0.2, 0.25) is 0 Å². The van der Waals surface area contributed by atoms with E-state index in [2.05, 4.69) is 71.7 Å². The van der Waals surface area contributed by atoms with Gasteiger partial charge in [0, 0.05) is 80.5 Å². The van der Waals surface area contributed by atoms with Crippen LogP contribution in [-0.2, 0) is 6.42 Å². The van der Waals surface area contributed by atoms with E-state index in [1.807, 2.05) is 49.1 Å². The van der Waals surface area contributed by atoms with Crippen molar-refractivity contribution in [3.05, 3.63) is 127 Å². The van der Waals surface area contributed by atoms with Gasteiger partial charge in [-0.15, -0.1) is 0 Å². The Morgan fingerprint density at radius 1 is 0.477 bits per heavy atom. The van der Waals surface area contributed by atoms with Crippen LogP contribution in [0.4, 0.5) is 5.69 Å². The van der Waals surface area contributed by atoms with Crippen molar-refractivity contribution in [2.45, 2.75) is 6.42 Å². The maximum atomic E-state index is 5.25. The maximum absolute atomic E-state index is 5.25. The van der Waals surface area contributed by atoms with Gasteiger partial charge < -0.3 is 4.98 Å². The Hall–Kier alpha value is -6.01. The van der Waals surface area contributed by atoms with Gasteiger partial charge in [-0.1, -0.05) is 60.7 Å². The average molecular weight is 563 g/mol. The molecule has 0 bridgehead atoms. The van der Waals surface area contributed by atoms with Crippen molar-refractivity contribution in [1.29, 1.82) is 0 Å². The Kier molecular flexibility index (Phi) is 4.68. The first-order valence-electron chi connectivity index (χ1n) is 14.7. The Bertz CT molecular complexity index is 2630. The lowest BCUT2D eigenvalue weighted by molar-refractivity contribution is 1.33. The van der Waals surface area contributed by atoms with Gasteiger partial charge in [-0.2, -0.15) is 0 Å². The van der Waals surface area contributed by atoms with Crippen LogP contribution in [-0.4, -0.2) is 30.6 Å². The summed E-state index contributed by atoms with van der Waals surface area (Å²) in [7, 11) is 0. The Morgan fingerprint density at radius 3 is 1.77 bits per heavy atom. The second-order valence-electron chi connectivity index (χ2n) is 11.3. The van der Waals surface area contributed by atoms with E-state index < -0.39 is 0 Å². The molecule has 44 heavy (non-hydrogen) atoms. The summed E-state index contributed by atoms with van der Waals surface area (Å²) in [5.74, 6) is 0. The molecule has 0 spiro atoms. The number of benzene rings is 4. The fraction of sp³-hybridized carbons (Fsp3) is 0.0263. The van der Waals surface area contributed by atoms with Crippen molar-refractivity contribution in [3.63, 3.8) is 0 Å². The highest BCUT2D eigenvalue weighted by atomic mass is 14.8. The molecule has 10 rings (SSSR count). The average Bonchev–Trinajstić information content (AvgIpc) is 3.75. The second-order valence-corrected chi connectivity index (χ2v) is 11.3. The van der Waals surface area contributed by atoms with Crippen LogP contribution in [0.5, 0.6) is 0 Å². The number of aliphatic imine (C=N–C) groups is 1. The van der Waals surface area contributed by atoms with Gasteiger partial charge in [-0.25, -0.2) is 4.99 Å². The van der Waals surface area contributed by atoms with Gasteiger partial charge >= 0.3 is 0 Å². The van der Waals surface area contributed by atoms with Crippen molar-refractivity contribution in [2.75, 3.05) is 0 Å². The number of hydrogen-bond acceptors (Lipinski definition) is 5. The molecule has 4 aromatic carbocycles. The lowest BCUT2D eigenvalue weighted by Crippen LogP contribution is -2.02. The predicted octanol–water partition coefficient (Wildman–Crippen LogP) is 8.86. The molecule has 0 fully saturated rings. The molecule has 204 valence electrons. The fourth-order valence-corrected chi connectivity index (χ4v) is 7.14. The Morgan fingerprint density at radius 2 is 1.02 bits per heavy atom. The minimum atomic E-state index is 0.709. The molecule has 9 aromatic rings. The van der Waals surface area contributed by atoms with Crippen LogP contribution < -0.4 is 0 Å². The molecule has 0 saturated heterocycles. The fourth-order valence-electron chi connectivity index (χ4n) is 7.14. The molecule has 0 aliphatic carbocycles. The van der Waals surface area contributed by atoms with Gasteiger partial charge in [0.1, 0.15) is 0 Å². The van der Waals surface area contributed by atoms with Crippen LogP contribution in [0.25, 0.3) is 76.5 Å². The monoisotopic (exact) mass is 562 g/mol. The van der Waals surface area contributed by atoms with Crippen LogP contribution in [0.15, 0.2) is 121 Å². The Labute approximate surface area is 250 Å². The first kappa shape index (κ1) is 23.5. The molecule has 1 aliphatic heterocycles. The zero-order valence-corrected chi connectivity index (χ0v) is 23.4. The molecule has 1 N–H and O–H groups in total. The lowest BCUT2D eigenvalue weighted by Gasteiger charge is -2.10. The molecule has 6 nitrogen and oxygen atoms in total. The molecular formula is C38H22N6. The van der Waals surface area contributed by atoms with Crippen molar-refractivity contribution in [2.24, 2.45) is 4.99 Å². The third-order valence-corrected chi connectivity index (χ3v) is 9.03. The number of nitrogens with zero attached hydrogens (tertiary/aromatic N) is 5. The largest absolute Gasteiger partial charge is 0.353 e. The van der Waals surface area contributed by atoms with Crippen molar-refractivity contribution < 1.29 is 0 Å². The molecule has 0 unspecified atom stereocenters. The van der Waals surface area contributed by atoms with Crippen LogP contribution in [0, 0.1) is 0 Å². The standard InChI is InChI=1S/C38H22N6/c1-7-21-22(23(9-1)31-19-29-33-25(11-3-15-39-33)27-13-5-17-41-35(27)37(29)43-31)8-2-10-24(21)32-20-30-34-26(12-4-16-40-34)28-14-6-18-42-36(28)38(30)44-32/h1-19,43H,20H2. The summed E-state index contributed by atoms with van der Waals surface area (Å²) in [6.45, 7) is 0. The van der Waals surface area contributed by atoms with Crippen molar-refractivity contribution in [1.82, 2.24) is 24.9 Å². The molecule has 5 aromatic heterocycles. The summed E-state index contributed by atoms with van der Waals surface area (Å²) >= 11 is 0. The van der Waals surface area contributed by atoms with E-state index in [0.29, 0.717) is 6.42 Å². The van der Waals surface area contributed by atoms with Gasteiger partial charge in [0.25, 0.3) is 0 Å². The topological polar surface area (TPSA) is 79.7 Å². The van der Waals surface area contributed by atoms with E-state index >= 15 is 0 Å². The van der Waals surface area contributed by atoms with Crippen molar-refractivity contribution >= 4 is 76.7 Å². The normalized spacial score (nSPS) is 13.0.